The monoisotopic (exact) mass is 542 g/mol. The Balaban J connectivity index is 1.53. The van der Waals surface area contributed by atoms with E-state index in [1.807, 2.05) is 85.8 Å². The second-order valence-corrected chi connectivity index (χ2v) is 10.7. The molecule has 0 saturated heterocycles. The largest absolute Gasteiger partial charge is 0.497 e. The minimum Gasteiger partial charge on any atom is -0.497 e. The number of nitrogens with one attached hydrogen (secondary N) is 1. The van der Waals surface area contributed by atoms with E-state index in [9.17, 15) is 9.59 Å². The number of hydrogen-bond donors (Lipinski definition) is 1. The fourth-order valence-corrected chi connectivity index (χ4v) is 5.26. The fraction of sp³-hybridized carbons (Fsp3) is 0.412. The molecule has 3 aromatic rings. The number of ether oxygens (including phenoxy) is 2. The Hall–Kier alpha value is -3.80. The number of hydrogen-bond acceptors (Lipinski definition) is 4. The van der Waals surface area contributed by atoms with Crippen LogP contribution in [0.15, 0.2) is 78.9 Å². The highest BCUT2D eigenvalue weighted by Gasteiger charge is 2.31. The molecule has 40 heavy (non-hydrogen) atoms. The summed E-state index contributed by atoms with van der Waals surface area (Å²) in [5.74, 6) is 1.38. The average Bonchev–Trinajstić information content (AvgIpc) is 2.99. The Morgan fingerprint density at radius 2 is 1.62 bits per heavy atom. The Kier molecular flexibility index (Phi) is 11.0. The number of rotatable bonds is 13. The van der Waals surface area contributed by atoms with E-state index >= 15 is 0 Å². The summed E-state index contributed by atoms with van der Waals surface area (Å²) in [6, 6.07) is 25.1. The highest BCUT2D eigenvalue weighted by Crippen LogP contribution is 2.22. The van der Waals surface area contributed by atoms with E-state index in [1.165, 1.54) is 12.0 Å². The molecule has 2 amide bonds. The summed E-state index contributed by atoms with van der Waals surface area (Å²) in [6.07, 6.45) is 6.75. The minimum absolute atomic E-state index is 0.0601. The zero-order valence-corrected chi connectivity index (χ0v) is 23.8. The predicted molar refractivity (Wildman–Crippen MR) is 158 cm³/mol. The van der Waals surface area contributed by atoms with Crippen molar-refractivity contribution in [3.63, 3.8) is 0 Å². The van der Waals surface area contributed by atoms with Gasteiger partial charge in [0.05, 0.1) is 13.7 Å². The SMILES string of the molecule is COc1cccc(CN(C(=O)CCCOc2ccc(C)cc2)[C@H](Cc2ccccc2)C(=O)NC2CCCCC2)c1. The standard InChI is InChI=1S/C34H42N2O4/c1-26-18-20-30(21-19-26)40-22-10-17-33(37)36(25-28-13-9-16-31(23-28)39-2)32(24-27-11-5-3-6-12-27)34(38)35-29-14-7-4-8-15-29/h3,5-6,9,11-13,16,18-21,23,29,32H,4,7-8,10,14-15,17,22,24-25H2,1-2H3,(H,35,38)/t32-/m1/s1. The van der Waals surface area contributed by atoms with Crippen molar-refractivity contribution >= 4 is 11.8 Å². The van der Waals surface area contributed by atoms with Gasteiger partial charge >= 0.3 is 0 Å². The summed E-state index contributed by atoms with van der Waals surface area (Å²) >= 11 is 0. The van der Waals surface area contributed by atoms with Crippen molar-refractivity contribution in [2.24, 2.45) is 0 Å². The van der Waals surface area contributed by atoms with E-state index in [-0.39, 0.29) is 24.3 Å². The predicted octanol–water partition coefficient (Wildman–Crippen LogP) is 6.25. The molecule has 1 saturated carbocycles. The second-order valence-electron chi connectivity index (χ2n) is 10.7. The van der Waals surface area contributed by atoms with Crippen molar-refractivity contribution < 1.29 is 19.1 Å². The van der Waals surface area contributed by atoms with Crippen molar-refractivity contribution in [2.75, 3.05) is 13.7 Å². The Labute approximate surface area is 238 Å². The minimum atomic E-state index is -0.624. The molecule has 4 rings (SSSR count). The zero-order chi connectivity index (χ0) is 28.2. The van der Waals surface area contributed by atoms with Gasteiger partial charge in [-0.15, -0.1) is 0 Å². The quantitative estimate of drug-likeness (QED) is 0.259. The summed E-state index contributed by atoms with van der Waals surface area (Å²) in [6.45, 7) is 2.79. The number of benzene rings is 3. The van der Waals surface area contributed by atoms with Gasteiger partial charge in [0.1, 0.15) is 17.5 Å². The molecule has 0 heterocycles. The topological polar surface area (TPSA) is 67.9 Å². The third-order valence-electron chi connectivity index (χ3n) is 7.53. The molecule has 212 valence electrons. The summed E-state index contributed by atoms with van der Waals surface area (Å²) in [4.78, 5) is 29.5. The number of methoxy groups -OCH3 is 1. The first-order valence-electron chi connectivity index (χ1n) is 14.5. The average molecular weight is 543 g/mol. The Morgan fingerprint density at radius 1 is 0.900 bits per heavy atom. The molecule has 0 spiro atoms. The molecule has 0 unspecified atom stereocenters. The van der Waals surface area contributed by atoms with E-state index in [4.69, 9.17) is 9.47 Å². The normalized spacial score (nSPS) is 14.2. The van der Waals surface area contributed by atoms with E-state index < -0.39 is 6.04 Å². The van der Waals surface area contributed by atoms with Crippen molar-refractivity contribution in [2.45, 2.75) is 76.9 Å². The first-order chi connectivity index (χ1) is 19.5. The van der Waals surface area contributed by atoms with Crippen LogP contribution in [0.1, 0.15) is 61.6 Å². The van der Waals surface area contributed by atoms with Crippen LogP contribution in [-0.2, 0) is 22.6 Å². The van der Waals surface area contributed by atoms with Crippen molar-refractivity contribution in [1.29, 1.82) is 0 Å². The second kappa shape index (κ2) is 15.1. The van der Waals surface area contributed by atoms with Gasteiger partial charge in [-0.1, -0.05) is 79.4 Å². The molecular weight excluding hydrogens is 500 g/mol. The van der Waals surface area contributed by atoms with Gasteiger partial charge < -0.3 is 19.7 Å². The molecule has 1 aliphatic carbocycles. The molecule has 1 fully saturated rings. The smallest absolute Gasteiger partial charge is 0.243 e. The Bertz CT molecular complexity index is 1210. The highest BCUT2D eigenvalue weighted by molar-refractivity contribution is 5.88. The van der Waals surface area contributed by atoms with Gasteiger partial charge in [-0.3, -0.25) is 9.59 Å². The van der Waals surface area contributed by atoms with Gasteiger partial charge in [0.15, 0.2) is 0 Å². The molecule has 0 bridgehead atoms. The summed E-state index contributed by atoms with van der Waals surface area (Å²) in [7, 11) is 1.63. The number of amides is 2. The van der Waals surface area contributed by atoms with Gasteiger partial charge in [0, 0.05) is 25.4 Å². The van der Waals surface area contributed by atoms with Crippen LogP contribution in [0, 0.1) is 6.92 Å². The first kappa shape index (κ1) is 29.2. The number of carbonyl (C=O) groups excluding carboxylic acids is 2. The van der Waals surface area contributed by atoms with Crippen molar-refractivity contribution in [3.8, 4) is 11.5 Å². The maximum absolute atomic E-state index is 13.9. The molecule has 6 heteroatoms. The lowest BCUT2D eigenvalue weighted by Gasteiger charge is -2.33. The number of carbonyl (C=O) groups is 2. The lowest BCUT2D eigenvalue weighted by Crippen LogP contribution is -2.52. The Morgan fingerprint density at radius 3 is 2.35 bits per heavy atom. The molecule has 6 nitrogen and oxygen atoms in total. The lowest BCUT2D eigenvalue weighted by molar-refractivity contribution is -0.141. The van der Waals surface area contributed by atoms with Crippen LogP contribution in [0.5, 0.6) is 11.5 Å². The van der Waals surface area contributed by atoms with Crippen LogP contribution in [0.4, 0.5) is 0 Å². The van der Waals surface area contributed by atoms with E-state index in [1.54, 1.807) is 12.0 Å². The maximum Gasteiger partial charge on any atom is 0.243 e. The highest BCUT2D eigenvalue weighted by atomic mass is 16.5. The fourth-order valence-electron chi connectivity index (χ4n) is 5.26. The van der Waals surface area contributed by atoms with Crippen LogP contribution in [0.25, 0.3) is 0 Å². The van der Waals surface area contributed by atoms with Gasteiger partial charge in [-0.25, -0.2) is 0 Å². The number of aryl methyl sites for hydroxylation is 1. The molecule has 1 atom stereocenters. The van der Waals surface area contributed by atoms with Crippen LogP contribution in [-0.4, -0.2) is 42.5 Å². The van der Waals surface area contributed by atoms with E-state index in [0.29, 0.717) is 26.0 Å². The van der Waals surface area contributed by atoms with E-state index in [2.05, 4.69) is 5.32 Å². The third kappa shape index (κ3) is 8.87. The zero-order valence-electron chi connectivity index (χ0n) is 23.8. The maximum atomic E-state index is 13.9. The molecule has 0 aromatic heterocycles. The lowest BCUT2D eigenvalue weighted by atomic mass is 9.94. The van der Waals surface area contributed by atoms with Crippen molar-refractivity contribution in [3.05, 3.63) is 95.6 Å². The van der Waals surface area contributed by atoms with Crippen LogP contribution >= 0.6 is 0 Å². The van der Waals surface area contributed by atoms with Crippen LogP contribution < -0.4 is 14.8 Å². The molecule has 1 aliphatic rings. The number of nitrogens with zero attached hydrogens (tertiary/aromatic N) is 1. The van der Waals surface area contributed by atoms with Gasteiger partial charge in [0.2, 0.25) is 11.8 Å². The molecule has 0 aliphatic heterocycles. The van der Waals surface area contributed by atoms with Crippen molar-refractivity contribution in [1.82, 2.24) is 10.2 Å². The summed E-state index contributed by atoms with van der Waals surface area (Å²) < 4.78 is 11.3. The molecule has 1 N–H and O–H groups in total. The van der Waals surface area contributed by atoms with Crippen LogP contribution in [0.2, 0.25) is 0 Å². The van der Waals surface area contributed by atoms with Gasteiger partial charge in [-0.2, -0.15) is 0 Å². The molecule has 0 radical (unpaired) electrons. The first-order valence-corrected chi connectivity index (χ1v) is 14.5. The third-order valence-corrected chi connectivity index (χ3v) is 7.53. The van der Waals surface area contributed by atoms with Crippen LogP contribution in [0.3, 0.4) is 0 Å². The summed E-state index contributed by atoms with van der Waals surface area (Å²) in [5, 5.41) is 3.29. The molecule has 3 aromatic carbocycles. The molecular formula is C34H42N2O4. The van der Waals surface area contributed by atoms with E-state index in [0.717, 1.165) is 48.3 Å². The van der Waals surface area contributed by atoms with Gasteiger partial charge in [-0.05, 0) is 61.6 Å². The van der Waals surface area contributed by atoms with Gasteiger partial charge in [0.25, 0.3) is 0 Å². The summed E-state index contributed by atoms with van der Waals surface area (Å²) in [5.41, 5.74) is 3.12.